The van der Waals surface area contributed by atoms with Gasteiger partial charge in [0.1, 0.15) is 0 Å². The molecule has 2 N–H and O–H groups in total. The number of nitrogens with one attached hydrogen (secondary N) is 1. The van der Waals surface area contributed by atoms with Crippen molar-refractivity contribution < 1.29 is 9.90 Å². The lowest BCUT2D eigenvalue weighted by Gasteiger charge is -2.19. The monoisotopic (exact) mass is 314 g/mol. The SMILES string of the molecule is Cc1ccc(NC(=O)N(C)CCC(C)O)c(Br)c1. The molecule has 0 saturated carbocycles. The summed E-state index contributed by atoms with van der Waals surface area (Å²) >= 11 is 3.41. The van der Waals surface area contributed by atoms with E-state index in [2.05, 4.69) is 21.2 Å². The highest BCUT2D eigenvalue weighted by Gasteiger charge is 2.11. The molecule has 0 aromatic heterocycles. The van der Waals surface area contributed by atoms with E-state index < -0.39 is 6.10 Å². The van der Waals surface area contributed by atoms with Crippen LogP contribution in [0.4, 0.5) is 10.5 Å². The van der Waals surface area contributed by atoms with E-state index in [1.807, 2.05) is 25.1 Å². The first-order valence-corrected chi connectivity index (χ1v) is 6.65. The van der Waals surface area contributed by atoms with Crippen molar-refractivity contribution in [3.05, 3.63) is 28.2 Å². The Morgan fingerprint density at radius 1 is 1.56 bits per heavy atom. The summed E-state index contributed by atoms with van der Waals surface area (Å²) in [4.78, 5) is 13.4. The molecule has 0 spiro atoms. The second-order valence-corrected chi connectivity index (χ2v) is 5.33. The van der Waals surface area contributed by atoms with E-state index in [4.69, 9.17) is 0 Å². The van der Waals surface area contributed by atoms with Gasteiger partial charge in [-0.05, 0) is 53.9 Å². The van der Waals surface area contributed by atoms with Crippen LogP contribution >= 0.6 is 15.9 Å². The Balaban J connectivity index is 2.58. The van der Waals surface area contributed by atoms with Gasteiger partial charge in [-0.2, -0.15) is 0 Å². The van der Waals surface area contributed by atoms with Crippen LogP contribution in [0.3, 0.4) is 0 Å². The number of aryl methyl sites for hydroxylation is 1. The highest BCUT2D eigenvalue weighted by atomic mass is 79.9. The molecule has 0 heterocycles. The summed E-state index contributed by atoms with van der Waals surface area (Å²) in [7, 11) is 1.71. The van der Waals surface area contributed by atoms with Gasteiger partial charge in [0.15, 0.2) is 0 Å². The fourth-order valence-electron chi connectivity index (χ4n) is 1.41. The first-order valence-electron chi connectivity index (χ1n) is 5.86. The number of nitrogens with zero attached hydrogens (tertiary/aromatic N) is 1. The Morgan fingerprint density at radius 3 is 2.78 bits per heavy atom. The number of hydrogen-bond donors (Lipinski definition) is 2. The summed E-state index contributed by atoms with van der Waals surface area (Å²) in [6.07, 6.45) is 0.172. The largest absolute Gasteiger partial charge is 0.393 e. The molecule has 1 rings (SSSR count). The zero-order chi connectivity index (χ0) is 13.7. The molecule has 1 atom stereocenters. The van der Waals surface area contributed by atoms with Crippen LogP contribution in [0.2, 0.25) is 0 Å². The Morgan fingerprint density at radius 2 is 2.22 bits per heavy atom. The van der Waals surface area contributed by atoms with E-state index in [1.54, 1.807) is 18.9 Å². The lowest BCUT2D eigenvalue weighted by molar-refractivity contribution is 0.167. The summed E-state index contributed by atoms with van der Waals surface area (Å²) < 4.78 is 0.861. The van der Waals surface area contributed by atoms with Crippen molar-refractivity contribution in [2.75, 3.05) is 18.9 Å². The molecule has 0 bridgehead atoms. The molecule has 1 aromatic carbocycles. The molecule has 1 aromatic rings. The highest BCUT2D eigenvalue weighted by molar-refractivity contribution is 9.10. The summed E-state index contributed by atoms with van der Waals surface area (Å²) in [6.45, 7) is 4.22. The molecule has 18 heavy (non-hydrogen) atoms. The second-order valence-electron chi connectivity index (χ2n) is 4.47. The number of aliphatic hydroxyl groups excluding tert-OH is 1. The van der Waals surface area contributed by atoms with Crippen LogP contribution in [0.25, 0.3) is 0 Å². The van der Waals surface area contributed by atoms with Gasteiger partial charge in [0, 0.05) is 18.1 Å². The second kappa shape index (κ2) is 6.75. The average molecular weight is 315 g/mol. The molecular formula is C13H19BrN2O2. The summed E-state index contributed by atoms with van der Waals surface area (Å²) in [6, 6.07) is 5.57. The van der Waals surface area contributed by atoms with Gasteiger partial charge < -0.3 is 15.3 Å². The van der Waals surface area contributed by atoms with Crippen LogP contribution in [-0.4, -0.2) is 35.7 Å². The number of carbonyl (C=O) groups is 1. The summed E-state index contributed by atoms with van der Waals surface area (Å²) in [5, 5.41) is 12.0. The van der Waals surface area contributed by atoms with Crippen LogP contribution in [0, 0.1) is 6.92 Å². The van der Waals surface area contributed by atoms with Gasteiger partial charge in [-0.25, -0.2) is 4.79 Å². The van der Waals surface area contributed by atoms with Gasteiger partial charge in [0.05, 0.1) is 11.8 Å². The molecule has 4 nitrogen and oxygen atoms in total. The Labute approximate surface area is 116 Å². The van der Waals surface area contributed by atoms with Crippen molar-refractivity contribution >= 4 is 27.6 Å². The normalized spacial score (nSPS) is 12.1. The zero-order valence-electron chi connectivity index (χ0n) is 10.9. The van der Waals surface area contributed by atoms with Gasteiger partial charge >= 0.3 is 6.03 Å². The number of anilines is 1. The molecular weight excluding hydrogens is 296 g/mol. The molecule has 0 radical (unpaired) electrons. The molecule has 0 aliphatic heterocycles. The fourth-order valence-corrected chi connectivity index (χ4v) is 2.01. The molecule has 0 aliphatic carbocycles. The van der Waals surface area contributed by atoms with Crippen molar-refractivity contribution in [2.45, 2.75) is 26.4 Å². The molecule has 0 fully saturated rings. The first kappa shape index (κ1) is 15.0. The number of aliphatic hydroxyl groups is 1. The van der Waals surface area contributed by atoms with Crippen LogP contribution < -0.4 is 5.32 Å². The van der Waals surface area contributed by atoms with Gasteiger partial charge in [0.25, 0.3) is 0 Å². The lowest BCUT2D eigenvalue weighted by atomic mass is 10.2. The number of urea groups is 1. The van der Waals surface area contributed by atoms with Gasteiger partial charge in [-0.1, -0.05) is 6.07 Å². The summed E-state index contributed by atoms with van der Waals surface area (Å²) in [5.74, 6) is 0. The van der Waals surface area contributed by atoms with Crippen molar-refractivity contribution in [1.29, 1.82) is 0 Å². The van der Waals surface area contributed by atoms with E-state index in [0.717, 1.165) is 15.7 Å². The van der Waals surface area contributed by atoms with E-state index in [1.165, 1.54) is 0 Å². The highest BCUT2D eigenvalue weighted by Crippen LogP contribution is 2.23. The predicted molar refractivity (Wildman–Crippen MR) is 76.8 cm³/mol. The average Bonchev–Trinajstić information content (AvgIpc) is 2.29. The van der Waals surface area contributed by atoms with Crippen molar-refractivity contribution in [1.82, 2.24) is 4.90 Å². The maximum Gasteiger partial charge on any atom is 0.321 e. The topological polar surface area (TPSA) is 52.6 Å². The maximum absolute atomic E-state index is 11.9. The predicted octanol–water partition coefficient (Wildman–Crippen LogP) is 2.99. The quantitative estimate of drug-likeness (QED) is 0.897. The molecule has 1 unspecified atom stereocenters. The zero-order valence-corrected chi connectivity index (χ0v) is 12.5. The van der Waals surface area contributed by atoms with Crippen LogP contribution in [0.5, 0.6) is 0 Å². The standard InChI is InChI=1S/C13H19BrN2O2/c1-9-4-5-12(11(14)8-9)15-13(18)16(3)7-6-10(2)17/h4-5,8,10,17H,6-7H2,1-3H3,(H,15,18). The number of amides is 2. The van der Waals surface area contributed by atoms with Gasteiger partial charge in [0.2, 0.25) is 0 Å². The van der Waals surface area contributed by atoms with Crippen LogP contribution in [-0.2, 0) is 0 Å². The van der Waals surface area contributed by atoms with Gasteiger partial charge in [-0.3, -0.25) is 0 Å². The van der Waals surface area contributed by atoms with E-state index in [-0.39, 0.29) is 6.03 Å². The molecule has 0 saturated heterocycles. The number of carbonyl (C=O) groups excluding carboxylic acids is 1. The van der Waals surface area contributed by atoms with Gasteiger partial charge in [-0.15, -0.1) is 0 Å². The Kier molecular flexibility index (Phi) is 5.62. The molecule has 5 heteroatoms. The maximum atomic E-state index is 11.9. The third-order valence-corrected chi connectivity index (χ3v) is 3.25. The van der Waals surface area contributed by atoms with Crippen molar-refractivity contribution in [3.63, 3.8) is 0 Å². The molecule has 100 valence electrons. The van der Waals surface area contributed by atoms with Crippen LogP contribution in [0.1, 0.15) is 18.9 Å². The van der Waals surface area contributed by atoms with Crippen molar-refractivity contribution in [2.24, 2.45) is 0 Å². The van der Waals surface area contributed by atoms with E-state index in [0.29, 0.717) is 13.0 Å². The third kappa shape index (κ3) is 4.66. The lowest BCUT2D eigenvalue weighted by Crippen LogP contribution is -2.33. The molecule has 2 amide bonds. The fraction of sp³-hybridized carbons (Fsp3) is 0.462. The minimum Gasteiger partial charge on any atom is -0.393 e. The Hall–Kier alpha value is -1.07. The number of benzene rings is 1. The number of halogens is 1. The van der Waals surface area contributed by atoms with Crippen molar-refractivity contribution in [3.8, 4) is 0 Å². The molecule has 0 aliphatic rings. The minimum atomic E-state index is -0.397. The van der Waals surface area contributed by atoms with Crippen LogP contribution in [0.15, 0.2) is 22.7 Å². The third-order valence-electron chi connectivity index (χ3n) is 2.60. The summed E-state index contributed by atoms with van der Waals surface area (Å²) in [5.41, 5.74) is 1.87. The first-order chi connectivity index (χ1) is 8.40. The minimum absolute atomic E-state index is 0.180. The number of rotatable bonds is 4. The smallest absolute Gasteiger partial charge is 0.321 e. The van der Waals surface area contributed by atoms with E-state index >= 15 is 0 Å². The Bertz CT molecular complexity index is 421. The number of hydrogen-bond acceptors (Lipinski definition) is 2. The van der Waals surface area contributed by atoms with E-state index in [9.17, 15) is 9.90 Å².